The molecular weight excluding hydrogens is 290 g/mol. The average molecular weight is 317 g/mol. The number of hydrogen-bond donors (Lipinski definition) is 1. The molecule has 1 aromatic rings. The predicted octanol–water partition coefficient (Wildman–Crippen LogP) is 1.49. The summed E-state index contributed by atoms with van der Waals surface area (Å²) in [7, 11) is 3.58. The lowest BCUT2D eigenvalue weighted by Gasteiger charge is -2.39. The molecule has 23 heavy (non-hydrogen) atoms. The van der Waals surface area contributed by atoms with Gasteiger partial charge in [-0.25, -0.2) is 0 Å². The molecule has 1 N–H and O–H groups in total. The van der Waals surface area contributed by atoms with Crippen molar-refractivity contribution in [2.45, 2.75) is 32.2 Å². The van der Waals surface area contributed by atoms with Gasteiger partial charge >= 0.3 is 0 Å². The van der Waals surface area contributed by atoms with Crippen LogP contribution < -0.4 is 5.32 Å². The van der Waals surface area contributed by atoms with Crippen LogP contribution in [-0.2, 0) is 10.2 Å². The van der Waals surface area contributed by atoms with Crippen LogP contribution in [0.3, 0.4) is 0 Å². The minimum Gasteiger partial charge on any atom is -0.357 e. The summed E-state index contributed by atoms with van der Waals surface area (Å²) in [4.78, 5) is 28.7. The molecule has 1 heterocycles. The molecule has 1 unspecified atom stereocenters. The van der Waals surface area contributed by atoms with E-state index in [-0.39, 0.29) is 17.2 Å². The van der Waals surface area contributed by atoms with Crippen LogP contribution in [0.2, 0.25) is 0 Å². The van der Waals surface area contributed by atoms with Crippen LogP contribution in [0.25, 0.3) is 0 Å². The van der Waals surface area contributed by atoms with E-state index in [1.165, 1.54) is 5.56 Å². The fourth-order valence-corrected chi connectivity index (χ4v) is 2.83. The van der Waals surface area contributed by atoms with Crippen LogP contribution in [0.5, 0.6) is 0 Å². The Balaban J connectivity index is 2.22. The minimum atomic E-state index is -0.437. The summed E-state index contributed by atoms with van der Waals surface area (Å²) in [5.74, 6) is -0.191. The maximum atomic E-state index is 12.8. The standard InChI is InChI=1S/C18H27N3O2/c1-18(2,3)14-8-6-13(7-9-14)17(23)21-11-10-20(5)12-15(21)16(22)19-4/h6-9,15H,10-12H2,1-5H3,(H,19,22). The van der Waals surface area contributed by atoms with Gasteiger partial charge in [0.2, 0.25) is 5.91 Å². The molecular formula is C18H27N3O2. The highest BCUT2D eigenvalue weighted by molar-refractivity contribution is 5.97. The quantitative estimate of drug-likeness (QED) is 0.899. The van der Waals surface area contributed by atoms with Gasteiger partial charge in [0.15, 0.2) is 0 Å². The Hall–Kier alpha value is -1.88. The van der Waals surface area contributed by atoms with E-state index in [1.54, 1.807) is 11.9 Å². The lowest BCUT2D eigenvalue weighted by molar-refractivity contribution is -0.126. The third kappa shape index (κ3) is 3.91. The molecule has 0 aromatic heterocycles. The van der Waals surface area contributed by atoms with Crippen molar-refractivity contribution >= 4 is 11.8 Å². The molecule has 1 aliphatic heterocycles. The first kappa shape index (κ1) is 17.5. The lowest BCUT2D eigenvalue weighted by atomic mass is 9.86. The van der Waals surface area contributed by atoms with Gasteiger partial charge in [-0.2, -0.15) is 0 Å². The number of rotatable bonds is 2. The van der Waals surface area contributed by atoms with Gasteiger partial charge < -0.3 is 15.1 Å². The zero-order valence-electron chi connectivity index (χ0n) is 14.7. The number of nitrogens with one attached hydrogen (secondary N) is 1. The Bertz CT molecular complexity index is 575. The summed E-state index contributed by atoms with van der Waals surface area (Å²) in [6, 6.07) is 7.29. The molecule has 1 atom stereocenters. The molecule has 0 bridgehead atoms. The van der Waals surface area contributed by atoms with Crippen molar-refractivity contribution in [2.75, 3.05) is 33.7 Å². The van der Waals surface area contributed by atoms with Crippen molar-refractivity contribution in [3.8, 4) is 0 Å². The number of hydrogen-bond acceptors (Lipinski definition) is 3. The largest absolute Gasteiger partial charge is 0.357 e. The first-order valence-corrected chi connectivity index (χ1v) is 8.05. The van der Waals surface area contributed by atoms with Crippen LogP contribution in [0, 0.1) is 0 Å². The van der Waals surface area contributed by atoms with Crippen LogP contribution in [-0.4, -0.2) is 61.4 Å². The third-order valence-corrected chi connectivity index (χ3v) is 4.39. The number of amides is 2. The Kier molecular flexibility index (Phi) is 5.09. The molecule has 0 saturated carbocycles. The molecule has 1 aliphatic rings. The molecule has 0 aliphatic carbocycles. The molecule has 126 valence electrons. The average Bonchev–Trinajstić information content (AvgIpc) is 2.52. The number of carbonyl (C=O) groups excluding carboxylic acids is 2. The van der Waals surface area contributed by atoms with Crippen molar-refractivity contribution in [1.82, 2.24) is 15.1 Å². The van der Waals surface area contributed by atoms with Gasteiger partial charge in [0.25, 0.3) is 5.91 Å². The second kappa shape index (κ2) is 6.71. The first-order chi connectivity index (χ1) is 10.7. The van der Waals surface area contributed by atoms with Crippen molar-refractivity contribution < 1.29 is 9.59 Å². The Labute approximate surface area is 138 Å². The second-order valence-electron chi connectivity index (χ2n) is 7.22. The van der Waals surface area contributed by atoms with Gasteiger partial charge in [-0.15, -0.1) is 0 Å². The molecule has 1 saturated heterocycles. The van der Waals surface area contributed by atoms with E-state index in [2.05, 4.69) is 31.0 Å². The number of piperazine rings is 1. The maximum absolute atomic E-state index is 12.8. The fourth-order valence-electron chi connectivity index (χ4n) is 2.83. The Morgan fingerprint density at radius 2 is 1.74 bits per heavy atom. The normalized spacial score (nSPS) is 19.5. The van der Waals surface area contributed by atoms with Gasteiger partial charge in [-0.1, -0.05) is 32.9 Å². The first-order valence-electron chi connectivity index (χ1n) is 8.05. The Morgan fingerprint density at radius 3 is 2.26 bits per heavy atom. The maximum Gasteiger partial charge on any atom is 0.254 e. The Morgan fingerprint density at radius 1 is 1.13 bits per heavy atom. The van der Waals surface area contributed by atoms with Crippen LogP contribution in [0.15, 0.2) is 24.3 Å². The van der Waals surface area contributed by atoms with Gasteiger partial charge in [0.05, 0.1) is 0 Å². The third-order valence-electron chi connectivity index (χ3n) is 4.39. The number of carbonyl (C=O) groups is 2. The minimum absolute atomic E-state index is 0.0556. The highest BCUT2D eigenvalue weighted by Crippen LogP contribution is 2.23. The van der Waals surface area contributed by atoms with Crippen molar-refractivity contribution in [3.63, 3.8) is 0 Å². The van der Waals surface area contributed by atoms with E-state index >= 15 is 0 Å². The van der Waals surface area contributed by atoms with E-state index in [4.69, 9.17) is 0 Å². The number of nitrogens with zero attached hydrogens (tertiary/aromatic N) is 2. The highest BCUT2D eigenvalue weighted by atomic mass is 16.2. The summed E-state index contributed by atoms with van der Waals surface area (Å²) in [5.41, 5.74) is 1.88. The summed E-state index contributed by atoms with van der Waals surface area (Å²) in [6.45, 7) is 8.34. The zero-order chi connectivity index (χ0) is 17.2. The van der Waals surface area contributed by atoms with E-state index < -0.39 is 6.04 Å². The van der Waals surface area contributed by atoms with Crippen molar-refractivity contribution in [2.24, 2.45) is 0 Å². The molecule has 5 nitrogen and oxygen atoms in total. The molecule has 0 spiro atoms. The van der Waals surface area contributed by atoms with E-state index in [0.717, 1.165) is 6.54 Å². The zero-order valence-corrected chi connectivity index (χ0v) is 14.7. The van der Waals surface area contributed by atoms with Crippen LogP contribution in [0.1, 0.15) is 36.7 Å². The summed E-state index contributed by atoms with van der Waals surface area (Å²) in [6.07, 6.45) is 0. The monoisotopic (exact) mass is 317 g/mol. The highest BCUT2D eigenvalue weighted by Gasteiger charge is 2.34. The van der Waals surface area contributed by atoms with E-state index in [0.29, 0.717) is 18.7 Å². The smallest absolute Gasteiger partial charge is 0.254 e. The number of benzene rings is 1. The van der Waals surface area contributed by atoms with Gasteiger partial charge in [-0.05, 0) is 30.2 Å². The van der Waals surface area contributed by atoms with E-state index in [1.807, 2.05) is 31.3 Å². The summed E-state index contributed by atoms with van der Waals surface area (Å²) >= 11 is 0. The molecule has 0 radical (unpaired) electrons. The number of likely N-dealkylation sites (N-methyl/N-ethyl adjacent to an activating group) is 2. The van der Waals surface area contributed by atoms with Crippen molar-refractivity contribution in [1.29, 1.82) is 0 Å². The summed E-state index contributed by atoms with van der Waals surface area (Å²) in [5, 5.41) is 2.66. The van der Waals surface area contributed by atoms with Gasteiger partial charge in [-0.3, -0.25) is 9.59 Å². The van der Waals surface area contributed by atoms with Gasteiger partial charge in [0, 0.05) is 32.2 Å². The molecule has 2 amide bonds. The van der Waals surface area contributed by atoms with Crippen molar-refractivity contribution in [3.05, 3.63) is 35.4 Å². The van der Waals surface area contributed by atoms with E-state index in [9.17, 15) is 9.59 Å². The molecule has 1 fully saturated rings. The summed E-state index contributed by atoms with van der Waals surface area (Å²) < 4.78 is 0. The molecule has 5 heteroatoms. The van der Waals surface area contributed by atoms with Crippen LogP contribution >= 0.6 is 0 Å². The van der Waals surface area contributed by atoms with Gasteiger partial charge in [0.1, 0.15) is 6.04 Å². The predicted molar refractivity (Wildman–Crippen MR) is 91.5 cm³/mol. The second-order valence-corrected chi connectivity index (χ2v) is 7.22. The fraction of sp³-hybridized carbons (Fsp3) is 0.556. The lowest BCUT2D eigenvalue weighted by Crippen LogP contribution is -2.59. The molecule has 1 aromatic carbocycles. The molecule has 2 rings (SSSR count). The topological polar surface area (TPSA) is 52.7 Å². The van der Waals surface area contributed by atoms with Crippen LogP contribution in [0.4, 0.5) is 0 Å². The SMILES string of the molecule is CNC(=O)C1CN(C)CCN1C(=O)c1ccc(C(C)(C)C)cc1.